The molecule has 1 N–H and O–H groups in total. The number of hydrogen-bond donors (Lipinski definition) is 1. The normalized spacial score (nSPS) is 10.7. The lowest BCUT2D eigenvalue weighted by Crippen LogP contribution is -2.23. The molecule has 2 aromatic carbocycles. The second-order valence-corrected chi connectivity index (χ2v) is 6.64. The third-order valence-corrected chi connectivity index (χ3v) is 4.29. The fourth-order valence-electron chi connectivity index (χ4n) is 2.66. The minimum atomic E-state index is -0.327. The van der Waals surface area contributed by atoms with Crippen molar-refractivity contribution >= 4 is 5.91 Å². The van der Waals surface area contributed by atoms with Crippen LogP contribution in [0.5, 0.6) is 5.75 Å². The molecule has 3 aromatic rings. The molecule has 0 saturated carbocycles. The molecule has 0 unspecified atom stereocenters. The van der Waals surface area contributed by atoms with Gasteiger partial charge >= 0.3 is 0 Å². The van der Waals surface area contributed by atoms with E-state index < -0.39 is 0 Å². The highest BCUT2D eigenvalue weighted by atomic mass is 19.1. The van der Waals surface area contributed by atoms with Gasteiger partial charge < -0.3 is 14.6 Å². The second kappa shape index (κ2) is 10.4. The number of hydrogen-bond acceptors (Lipinski definition) is 5. The van der Waals surface area contributed by atoms with Crippen molar-refractivity contribution in [2.24, 2.45) is 0 Å². The minimum Gasteiger partial charge on any atom is -0.494 e. The van der Waals surface area contributed by atoms with Crippen molar-refractivity contribution in [3.63, 3.8) is 0 Å². The zero-order valence-corrected chi connectivity index (χ0v) is 16.4. The zero-order chi connectivity index (χ0) is 20.5. The van der Waals surface area contributed by atoms with Gasteiger partial charge in [-0.25, -0.2) is 4.39 Å². The van der Waals surface area contributed by atoms with E-state index in [0.29, 0.717) is 36.9 Å². The first-order valence-corrected chi connectivity index (χ1v) is 9.71. The van der Waals surface area contributed by atoms with E-state index in [-0.39, 0.29) is 18.1 Å². The van der Waals surface area contributed by atoms with E-state index in [9.17, 15) is 9.18 Å². The Morgan fingerprint density at radius 3 is 2.83 bits per heavy atom. The first kappa shape index (κ1) is 20.5. The first-order valence-electron chi connectivity index (χ1n) is 9.71. The van der Waals surface area contributed by atoms with Crippen molar-refractivity contribution < 1.29 is 18.4 Å². The highest BCUT2D eigenvalue weighted by molar-refractivity contribution is 5.76. The summed E-state index contributed by atoms with van der Waals surface area (Å²) in [4.78, 5) is 16.4. The molecule has 29 heavy (non-hydrogen) atoms. The predicted molar refractivity (Wildman–Crippen MR) is 107 cm³/mol. The van der Waals surface area contributed by atoms with E-state index in [4.69, 9.17) is 9.26 Å². The molecule has 3 rings (SSSR count). The number of amides is 1. The summed E-state index contributed by atoms with van der Waals surface area (Å²) in [5.74, 6) is 1.12. The van der Waals surface area contributed by atoms with Crippen molar-refractivity contribution in [1.82, 2.24) is 15.5 Å². The minimum absolute atomic E-state index is 0.108. The van der Waals surface area contributed by atoms with Crippen LogP contribution in [0.2, 0.25) is 0 Å². The molecular weight excluding hydrogens is 373 g/mol. The number of carbonyl (C=O) groups is 1. The smallest absolute Gasteiger partial charge is 0.227 e. The Labute approximate surface area is 169 Å². The van der Waals surface area contributed by atoms with Crippen molar-refractivity contribution in [1.29, 1.82) is 0 Å². The quantitative estimate of drug-likeness (QED) is 0.516. The van der Waals surface area contributed by atoms with Crippen molar-refractivity contribution in [3.05, 3.63) is 65.8 Å². The summed E-state index contributed by atoms with van der Waals surface area (Å²) < 4.78 is 23.8. The summed E-state index contributed by atoms with van der Waals surface area (Å²) in [6.45, 7) is 3.23. The Balaban J connectivity index is 1.44. The van der Waals surface area contributed by atoms with Gasteiger partial charge in [0.05, 0.1) is 6.61 Å². The Morgan fingerprint density at radius 2 is 2.03 bits per heavy atom. The van der Waals surface area contributed by atoms with Gasteiger partial charge in [-0.1, -0.05) is 30.6 Å². The van der Waals surface area contributed by atoms with Crippen LogP contribution in [0.25, 0.3) is 11.4 Å². The summed E-state index contributed by atoms with van der Waals surface area (Å²) in [5.41, 5.74) is 1.63. The number of halogens is 1. The van der Waals surface area contributed by atoms with Crippen LogP contribution < -0.4 is 10.1 Å². The van der Waals surface area contributed by atoms with Gasteiger partial charge in [0.2, 0.25) is 17.6 Å². The number of benzene rings is 2. The van der Waals surface area contributed by atoms with Crippen LogP contribution in [0.3, 0.4) is 0 Å². The summed E-state index contributed by atoms with van der Waals surface area (Å²) in [5, 5.41) is 6.76. The van der Waals surface area contributed by atoms with E-state index in [0.717, 1.165) is 24.2 Å². The van der Waals surface area contributed by atoms with Crippen LogP contribution in [0.15, 0.2) is 53.1 Å². The van der Waals surface area contributed by atoms with Crippen LogP contribution in [0.1, 0.15) is 37.6 Å². The topological polar surface area (TPSA) is 77.2 Å². The van der Waals surface area contributed by atoms with Crippen molar-refractivity contribution in [2.45, 2.75) is 39.2 Å². The standard InChI is InChI=1S/C22H24FN3O3/c1-2-3-13-28-19-6-4-5-16(14-19)15-24-20(27)11-12-21-25-22(26-29-21)17-7-9-18(23)10-8-17/h4-10,14H,2-3,11-13,15H2,1H3,(H,24,27). The molecule has 0 aliphatic carbocycles. The maximum atomic E-state index is 13.0. The number of aryl methyl sites for hydroxylation is 1. The molecule has 0 atom stereocenters. The van der Waals surface area contributed by atoms with E-state index in [1.807, 2.05) is 24.3 Å². The molecule has 1 heterocycles. The van der Waals surface area contributed by atoms with Crippen LogP contribution in [-0.4, -0.2) is 22.7 Å². The van der Waals surface area contributed by atoms with Gasteiger partial charge in [0.25, 0.3) is 0 Å². The number of ether oxygens (including phenoxy) is 1. The molecular formula is C22H24FN3O3. The molecule has 0 spiro atoms. The summed E-state index contributed by atoms with van der Waals surface area (Å²) in [6, 6.07) is 13.5. The van der Waals surface area contributed by atoms with Crippen LogP contribution in [-0.2, 0) is 17.8 Å². The van der Waals surface area contributed by atoms with Gasteiger partial charge in [-0.05, 0) is 48.4 Å². The highest BCUT2D eigenvalue weighted by Crippen LogP contribution is 2.17. The third-order valence-electron chi connectivity index (χ3n) is 4.29. The maximum Gasteiger partial charge on any atom is 0.227 e. The molecule has 6 nitrogen and oxygen atoms in total. The summed E-state index contributed by atoms with van der Waals surface area (Å²) in [7, 11) is 0. The lowest BCUT2D eigenvalue weighted by Gasteiger charge is -2.08. The predicted octanol–water partition coefficient (Wildman–Crippen LogP) is 4.30. The Bertz CT molecular complexity index is 925. The zero-order valence-electron chi connectivity index (χ0n) is 16.4. The third kappa shape index (κ3) is 6.41. The molecule has 0 saturated heterocycles. The Hall–Kier alpha value is -3.22. The SMILES string of the molecule is CCCCOc1cccc(CNC(=O)CCc2nc(-c3ccc(F)cc3)no2)c1. The number of unbranched alkanes of at least 4 members (excludes halogenated alkanes) is 1. The number of aromatic nitrogens is 2. The number of carbonyl (C=O) groups excluding carboxylic acids is 1. The van der Waals surface area contributed by atoms with Crippen LogP contribution in [0.4, 0.5) is 4.39 Å². The molecule has 0 radical (unpaired) electrons. The van der Waals surface area contributed by atoms with Gasteiger partial charge in [-0.3, -0.25) is 4.79 Å². The van der Waals surface area contributed by atoms with Gasteiger partial charge in [-0.2, -0.15) is 4.98 Å². The van der Waals surface area contributed by atoms with Crippen molar-refractivity contribution in [2.75, 3.05) is 6.61 Å². The van der Waals surface area contributed by atoms with Crippen LogP contribution in [0, 0.1) is 5.82 Å². The number of nitrogens with one attached hydrogen (secondary N) is 1. The fourth-order valence-corrected chi connectivity index (χ4v) is 2.66. The second-order valence-electron chi connectivity index (χ2n) is 6.64. The maximum absolute atomic E-state index is 13.0. The lowest BCUT2D eigenvalue weighted by atomic mass is 10.2. The molecule has 0 aliphatic heterocycles. The van der Waals surface area contributed by atoms with Gasteiger partial charge in [0.1, 0.15) is 11.6 Å². The molecule has 0 aliphatic rings. The molecule has 7 heteroatoms. The largest absolute Gasteiger partial charge is 0.494 e. The average molecular weight is 397 g/mol. The Morgan fingerprint density at radius 1 is 1.21 bits per heavy atom. The monoisotopic (exact) mass is 397 g/mol. The lowest BCUT2D eigenvalue weighted by molar-refractivity contribution is -0.121. The number of rotatable bonds is 10. The Kier molecular flexibility index (Phi) is 7.33. The van der Waals surface area contributed by atoms with E-state index in [1.54, 1.807) is 12.1 Å². The summed E-state index contributed by atoms with van der Waals surface area (Å²) in [6.07, 6.45) is 2.67. The molecule has 0 fully saturated rings. The molecule has 0 bridgehead atoms. The van der Waals surface area contributed by atoms with Crippen LogP contribution >= 0.6 is 0 Å². The van der Waals surface area contributed by atoms with Gasteiger partial charge in [-0.15, -0.1) is 0 Å². The van der Waals surface area contributed by atoms with Crippen molar-refractivity contribution in [3.8, 4) is 17.1 Å². The number of nitrogens with zero attached hydrogens (tertiary/aromatic N) is 2. The summed E-state index contributed by atoms with van der Waals surface area (Å²) >= 11 is 0. The highest BCUT2D eigenvalue weighted by Gasteiger charge is 2.11. The average Bonchev–Trinajstić information content (AvgIpc) is 3.21. The fraction of sp³-hybridized carbons (Fsp3) is 0.318. The van der Waals surface area contributed by atoms with E-state index in [1.165, 1.54) is 12.1 Å². The molecule has 152 valence electrons. The molecule has 1 aromatic heterocycles. The first-order chi connectivity index (χ1) is 14.1. The molecule has 1 amide bonds. The van der Waals surface area contributed by atoms with E-state index in [2.05, 4.69) is 22.4 Å². The van der Waals surface area contributed by atoms with Gasteiger partial charge in [0.15, 0.2) is 0 Å². The van der Waals surface area contributed by atoms with E-state index >= 15 is 0 Å². The van der Waals surface area contributed by atoms with Gasteiger partial charge in [0, 0.05) is 24.9 Å².